The molecular weight excluding hydrogens is 655 g/mol. The number of carboxylic acid groups (broad SMARTS) is 1. The summed E-state index contributed by atoms with van der Waals surface area (Å²) in [4.78, 5) is 46.8. The van der Waals surface area contributed by atoms with Gasteiger partial charge in [0.25, 0.3) is 11.8 Å². The van der Waals surface area contributed by atoms with Gasteiger partial charge in [0.1, 0.15) is 10.8 Å². The second kappa shape index (κ2) is 13.3. The maximum atomic E-state index is 15.5. The summed E-state index contributed by atoms with van der Waals surface area (Å²) in [5, 5.41) is 13.2. The molecule has 2 saturated heterocycles. The van der Waals surface area contributed by atoms with E-state index in [2.05, 4.69) is 10.3 Å². The van der Waals surface area contributed by atoms with E-state index in [1.807, 2.05) is 40.8 Å². The molecule has 0 unspecified atom stereocenters. The summed E-state index contributed by atoms with van der Waals surface area (Å²) in [5.41, 5.74) is 1.37. The Morgan fingerprint density at radius 3 is 2.66 bits per heavy atom. The minimum atomic E-state index is -2.71. The van der Waals surface area contributed by atoms with E-state index in [0.717, 1.165) is 21.8 Å². The van der Waals surface area contributed by atoms with Gasteiger partial charge in [-0.25, -0.2) is 18.2 Å². The Morgan fingerprint density at radius 1 is 1.17 bits per heavy atom. The van der Waals surface area contributed by atoms with Gasteiger partial charge in [-0.2, -0.15) is 0 Å². The fourth-order valence-corrected chi connectivity index (χ4v) is 7.70. The Morgan fingerprint density at radius 2 is 1.91 bits per heavy atom. The largest absolute Gasteiger partial charge is 0.481 e. The van der Waals surface area contributed by atoms with Crippen LogP contribution in [0.5, 0.6) is 0 Å². The molecule has 2 atom stereocenters. The number of carboxylic acids is 1. The number of benzene rings is 2. The Balaban J connectivity index is 1.19. The highest BCUT2D eigenvalue weighted by Gasteiger charge is 2.43. The second-order valence-corrected chi connectivity index (χ2v) is 13.7. The number of carbonyl (C=O) groups excluding carboxylic acids is 2. The number of anilines is 1. The van der Waals surface area contributed by atoms with Crippen molar-refractivity contribution in [3.63, 3.8) is 0 Å². The van der Waals surface area contributed by atoms with Crippen molar-refractivity contribution >= 4 is 57.3 Å². The standard InChI is InChI=1S/C33H33ClF3N5O4S/c1-40-18-23(22-4-2-3-5-27(22)40)31(46)39-26-15-25(35)19(12-24(26)34)13-29(43)42-17-20(41-10-8-33(36,37)9-11-41)14-28(42)32-38-16-21(47-32)6-7-30(44)45/h2-5,12,15-16,18,20,28H,6-11,13-14,17H2,1H3,(H,39,46)(H,44,45)/t20-,28-/m0/s1. The number of aliphatic carboxylic acids is 1. The van der Waals surface area contributed by atoms with Crippen LogP contribution >= 0.6 is 22.9 Å². The topological polar surface area (TPSA) is 108 Å². The monoisotopic (exact) mass is 687 g/mol. The summed E-state index contributed by atoms with van der Waals surface area (Å²) in [6.45, 7) is 0.655. The van der Waals surface area contributed by atoms with E-state index >= 15 is 4.39 Å². The van der Waals surface area contributed by atoms with Gasteiger partial charge in [0.2, 0.25) is 5.91 Å². The van der Waals surface area contributed by atoms with Gasteiger partial charge in [-0.1, -0.05) is 29.8 Å². The van der Waals surface area contributed by atoms with Crippen molar-refractivity contribution in [2.75, 3.05) is 25.0 Å². The third-order valence-electron chi connectivity index (χ3n) is 8.95. The molecule has 0 spiro atoms. The van der Waals surface area contributed by atoms with Crippen molar-refractivity contribution in [2.24, 2.45) is 7.05 Å². The molecule has 2 aromatic carbocycles. The molecule has 248 valence electrons. The minimum Gasteiger partial charge on any atom is -0.481 e. The molecule has 0 radical (unpaired) electrons. The number of thiazole rings is 1. The van der Waals surface area contributed by atoms with E-state index in [4.69, 9.17) is 16.7 Å². The first-order valence-electron chi connectivity index (χ1n) is 15.3. The number of nitrogens with zero attached hydrogens (tertiary/aromatic N) is 4. The number of carbonyl (C=O) groups is 3. The van der Waals surface area contributed by atoms with E-state index in [0.29, 0.717) is 23.4 Å². The number of nitrogens with one attached hydrogen (secondary N) is 1. The predicted molar refractivity (Wildman–Crippen MR) is 173 cm³/mol. The number of rotatable bonds is 9. The molecule has 2 aliphatic rings. The van der Waals surface area contributed by atoms with Gasteiger partial charge in [0.05, 0.1) is 35.2 Å². The van der Waals surface area contributed by atoms with Gasteiger partial charge in [0, 0.05) is 73.7 Å². The third-order valence-corrected chi connectivity index (χ3v) is 10.4. The van der Waals surface area contributed by atoms with Crippen LogP contribution in [0.2, 0.25) is 5.02 Å². The molecular formula is C33H33ClF3N5O4S. The number of aryl methyl sites for hydroxylation is 2. The molecule has 14 heteroatoms. The van der Waals surface area contributed by atoms with E-state index in [1.54, 1.807) is 17.3 Å². The smallest absolute Gasteiger partial charge is 0.303 e. The fourth-order valence-electron chi connectivity index (χ4n) is 6.42. The number of amides is 2. The van der Waals surface area contributed by atoms with Crippen molar-refractivity contribution < 1.29 is 32.7 Å². The van der Waals surface area contributed by atoms with Crippen LogP contribution in [0.3, 0.4) is 0 Å². The first kappa shape index (κ1) is 33.0. The Bertz CT molecular complexity index is 1840. The first-order chi connectivity index (χ1) is 22.4. The summed E-state index contributed by atoms with van der Waals surface area (Å²) < 4.78 is 45.1. The number of fused-ring (bicyclic) bond motifs is 1. The van der Waals surface area contributed by atoms with E-state index in [-0.39, 0.29) is 73.5 Å². The summed E-state index contributed by atoms with van der Waals surface area (Å²) in [6, 6.07) is 9.16. The lowest BCUT2D eigenvalue weighted by Crippen LogP contribution is -2.46. The van der Waals surface area contributed by atoms with Gasteiger partial charge in [0.15, 0.2) is 0 Å². The predicted octanol–water partition coefficient (Wildman–Crippen LogP) is 6.31. The highest BCUT2D eigenvalue weighted by Crippen LogP contribution is 2.39. The summed E-state index contributed by atoms with van der Waals surface area (Å²) >= 11 is 7.81. The molecule has 0 saturated carbocycles. The number of halogens is 4. The number of para-hydroxylation sites is 1. The number of hydrogen-bond donors (Lipinski definition) is 2. The second-order valence-electron chi connectivity index (χ2n) is 12.1. The molecule has 9 nitrogen and oxygen atoms in total. The van der Waals surface area contributed by atoms with E-state index in [1.165, 1.54) is 17.4 Å². The number of aromatic nitrogens is 2. The lowest BCUT2D eigenvalue weighted by atomic mass is 10.0. The molecule has 47 heavy (non-hydrogen) atoms. The van der Waals surface area contributed by atoms with Crippen molar-refractivity contribution in [3.8, 4) is 0 Å². The highest BCUT2D eigenvalue weighted by molar-refractivity contribution is 7.11. The number of likely N-dealkylation sites (tertiary alicyclic amines) is 2. The first-order valence-corrected chi connectivity index (χ1v) is 16.5. The van der Waals surface area contributed by atoms with Crippen LogP contribution < -0.4 is 5.32 Å². The summed E-state index contributed by atoms with van der Waals surface area (Å²) in [5.74, 6) is -5.20. The lowest BCUT2D eigenvalue weighted by Gasteiger charge is -2.35. The number of alkyl halides is 2. The van der Waals surface area contributed by atoms with Gasteiger partial charge < -0.3 is 19.9 Å². The van der Waals surface area contributed by atoms with Crippen LogP contribution in [0, 0.1) is 5.82 Å². The zero-order valence-electron chi connectivity index (χ0n) is 25.5. The molecule has 4 aromatic rings. The third kappa shape index (κ3) is 7.16. The van der Waals surface area contributed by atoms with Crippen molar-refractivity contribution in [2.45, 2.75) is 56.5 Å². The van der Waals surface area contributed by atoms with Gasteiger partial charge in [-0.05, 0) is 36.6 Å². The lowest BCUT2D eigenvalue weighted by molar-refractivity contribution is -0.137. The maximum Gasteiger partial charge on any atom is 0.303 e. The Hall–Kier alpha value is -3.94. The Kier molecular flexibility index (Phi) is 9.32. The maximum absolute atomic E-state index is 15.5. The minimum absolute atomic E-state index is 0.0456. The number of piperidine rings is 1. The average Bonchev–Trinajstić information content (AvgIpc) is 3.76. The molecule has 2 fully saturated rings. The Labute approximate surface area is 277 Å². The van der Waals surface area contributed by atoms with Crippen LogP contribution in [-0.4, -0.2) is 73.8 Å². The van der Waals surface area contributed by atoms with Crippen LogP contribution in [0.25, 0.3) is 10.9 Å². The molecule has 0 aliphatic carbocycles. The zero-order valence-corrected chi connectivity index (χ0v) is 27.1. The molecule has 4 heterocycles. The zero-order chi connectivity index (χ0) is 33.5. The number of hydrogen-bond acceptors (Lipinski definition) is 6. The van der Waals surface area contributed by atoms with Crippen LogP contribution in [-0.2, 0) is 29.5 Å². The van der Waals surface area contributed by atoms with Crippen molar-refractivity contribution in [1.29, 1.82) is 0 Å². The molecule has 2 aromatic heterocycles. The molecule has 2 amide bonds. The molecule has 2 aliphatic heterocycles. The van der Waals surface area contributed by atoms with Gasteiger partial charge in [-0.15, -0.1) is 11.3 Å². The molecule has 2 N–H and O–H groups in total. The van der Waals surface area contributed by atoms with Crippen LogP contribution in [0.4, 0.5) is 18.9 Å². The van der Waals surface area contributed by atoms with Crippen LogP contribution in [0.1, 0.15) is 57.5 Å². The summed E-state index contributed by atoms with van der Waals surface area (Å²) in [7, 11) is 1.82. The van der Waals surface area contributed by atoms with Gasteiger partial charge >= 0.3 is 5.97 Å². The molecule has 6 rings (SSSR count). The normalized spacial score (nSPS) is 19.7. The average molecular weight is 688 g/mol. The van der Waals surface area contributed by atoms with E-state index < -0.39 is 29.7 Å². The molecule has 0 bridgehead atoms. The quantitative estimate of drug-likeness (QED) is 0.214. The highest BCUT2D eigenvalue weighted by atomic mass is 35.5. The van der Waals surface area contributed by atoms with E-state index in [9.17, 15) is 23.2 Å². The summed E-state index contributed by atoms with van der Waals surface area (Å²) in [6.07, 6.45) is 3.16. The van der Waals surface area contributed by atoms with Crippen molar-refractivity contribution in [1.82, 2.24) is 19.4 Å². The SMILES string of the molecule is Cn1cc(C(=O)Nc2cc(F)c(CC(=O)N3C[C@@H](N4CCC(F)(F)CC4)C[C@H]3c3ncc(CCC(=O)O)s3)cc2Cl)c2ccccc21. The van der Waals surface area contributed by atoms with Crippen LogP contribution in [0.15, 0.2) is 48.8 Å². The fraction of sp³-hybridized carbons (Fsp3) is 0.394. The van der Waals surface area contributed by atoms with Gasteiger partial charge in [-0.3, -0.25) is 19.3 Å². The van der Waals surface area contributed by atoms with Crippen molar-refractivity contribution in [3.05, 3.63) is 80.6 Å².